The van der Waals surface area contributed by atoms with E-state index in [0.717, 1.165) is 6.92 Å². The number of rotatable bonds is 45. The molecule has 49 heteroatoms. The van der Waals surface area contributed by atoms with Crippen LogP contribution in [-0.2, 0) is 116 Å². The smallest absolute Gasteiger partial charge is 0.394 e. The third kappa shape index (κ3) is 26.4. The second kappa shape index (κ2) is 39.6. The molecule has 0 radical (unpaired) electrons. The van der Waals surface area contributed by atoms with Crippen LogP contribution in [0.4, 0.5) is 0 Å². The number of aliphatic hydroxyl groups is 9. The minimum Gasteiger partial charge on any atom is -0.394 e. The third-order valence-corrected chi connectivity index (χ3v) is 20.8. The summed E-state index contributed by atoms with van der Waals surface area (Å²) < 4.78 is 171. The maximum absolute atomic E-state index is 14.1. The molecule has 15 N–H and O–H groups in total. The molecular formula is C51H92N5O39P5. The molecule has 1 amide bonds. The number of carbonyl (C=O) groups excluding carboxylic acids is 1. The van der Waals surface area contributed by atoms with Crippen molar-refractivity contribution in [2.45, 2.75) is 152 Å². The average molecular weight is 1550 g/mol. The number of aliphatic hydroxyl groups excluding tert-OH is 9. The lowest BCUT2D eigenvalue weighted by atomic mass is 9.92. The van der Waals surface area contributed by atoms with Crippen molar-refractivity contribution in [3.8, 4) is 0 Å². The van der Waals surface area contributed by atoms with Crippen LogP contribution >= 0.6 is 38.9 Å². The zero-order valence-corrected chi connectivity index (χ0v) is 59.5. The monoisotopic (exact) mass is 1550 g/mol. The summed E-state index contributed by atoms with van der Waals surface area (Å²) in [6, 6.07) is -1.37. The fourth-order valence-corrected chi connectivity index (χ4v) is 14.2. The second-order valence-corrected chi connectivity index (χ2v) is 31.4. The highest BCUT2D eigenvalue weighted by Crippen LogP contribution is 2.52. The number of imidazole rings is 1. The van der Waals surface area contributed by atoms with Gasteiger partial charge in [-0.1, -0.05) is 13.8 Å². The molecule has 4 fully saturated rings. The number of nitrogens with zero attached hydrogens (tertiary/aromatic N) is 4. The van der Waals surface area contributed by atoms with Crippen molar-refractivity contribution in [2.24, 2.45) is 17.3 Å². The first-order valence-corrected chi connectivity index (χ1v) is 38.7. The summed E-state index contributed by atoms with van der Waals surface area (Å²) in [6.07, 6.45) is -20.0. The van der Waals surface area contributed by atoms with Crippen LogP contribution in [0.25, 0.3) is 11.2 Å². The van der Waals surface area contributed by atoms with Crippen molar-refractivity contribution >= 4 is 56.0 Å². The summed E-state index contributed by atoms with van der Waals surface area (Å²) >= 11 is 0. The van der Waals surface area contributed by atoms with Crippen LogP contribution in [0, 0.1) is 24.2 Å². The van der Waals surface area contributed by atoms with Gasteiger partial charge in [-0.15, -0.1) is 0 Å². The first kappa shape index (κ1) is 86.8. The number of fused-ring (bicyclic) bond motifs is 1. The summed E-state index contributed by atoms with van der Waals surface area (Å²) in [5.41, 5.74) is -0.977. The molecule has 6 heterocycles. The number of nitrogens with one attached hydrogen (secondary N) is 1. The summed E-state index contributed by atoms with van der Waals surface area (Å²) in [6.45, 7) is -4.87. The van der Waals surface area contributed by atoms with Crippen molar-refractivity contribution in [1.82, 2.24) is 24.8 Å². The number of amides is 1. The van der Waals surface area contributed by atoms with E-state index in [2.05, 4.69) is 20.3 Å². The molecule has 2 aromatic heterocycles. The van der Waals surface area contributed by atoms with Gasteiger partial charge in [-0.25, -0.2) is 33.2 Å². The van der Waals surface area contributed by atoms with Crippen LogP contribution in [0.5, 0.6) is 0 Å². The van der Waals surface area contributed by atoms with Crippen molar-refractivity contribution in [2.75, 3.05) is 119 Å². The Balaban J connectivity index is 1.18. The van der Waals surface area contributed by atoms with E-state index in [-0.39, 0.29) is 12.1 Å². The van der Waals surface area contributed by atoms with Gasteiger partial charge in [0.25, 0.3) is 0 Å². The second-order valence-electron chi connectivity index (χ2n) is 23.7. The fourth-order valence-electron chi connectivity index (χ4n) is 10.2. The van der Waals surface area contributed by atoms with Crippen LogP contribution in [0.1, 0.15) is 53.0 Å². The maximum Gasteiger partial charge on any atom is 0.474 e. The predicted octanol–water partition coefficient (Wildman–Crippen LogP) is -2.97. The Kier molecular flexibility index (Phi) is 34.4. The van der Waals surface area contributed by atoms with Gasteiger partial charge in [-0.2, -0.15) is 0 Å². The standard InChI is InChI=1S/C51H92N5O39P5/c1-28(2)94-100(75,76)95-33-15-38(56-25-54-39-31(5)52-24-53-47(39)56)90-37(33)19-86-99(73,74)87-23-51(21-78-26-88-97(69,70)84-11-8-80-48-29(3)41(61)43(63)34(16-57)91-48,22-79-27-89-98(71,72)85-12-9-81-49-30(4)42(62)44(64)35(17-58)92-49)20-77-13-14-96(67,68)83-10-7-82-50-40(55-32(6)60)46(66)45(65)36(18-59)93-50/h24-25,28-30,33-38,40-46,48-50,57-59,61-66H,7-23,26-27H2,1-6H3,(H,55,60)(H,67,68)(H,69,70)(H,71,72)(H,73,74)(H,75,76)/t29-,30-,33-,34?,35?,36?,37+,38+,40-,41?,42?,43-,44-,45-,46?,48+,49+,50+,51?/m0/s1. The number of aryl methyl sites for hydroxylation is 1. The normalized spacial score (nSPS) is 32.7. The predicted molar refractivity (Wildman–Crippen MR) is 328 cm³/mol. The third-order valence-electron chi connectivity index (χ3n) is 15.4. The lowest BCUT2D eigenvalue weighted by Gasteiger charge is -2.42. The number of aromatic nitrogens is 4. The van der Waals surface area contributed by atoms with E-state index < -0.39 is 285 Å². The molecule has 4 saturated heterocycles. The van der Waals surface area contributed by atoms with Crippen LogP contribution < -0.4 is 5.32 Å². The molecule has 11 unspecified atom stereocenters. The van der Waals surface area contributed by atoms with Gasteiger partial charge in [-0.05, 0) is 20.8 Å². The average Bonchev–Trinajstić information content (AvgIpc) is 1.63. The highest BCUT2D eigenvalue weighted by atomic mass is 31.2. The van der Waals surface area contributed by atoms with Gasteiger partial charge in [0.15, 0.2) is 38.1 Å². The number of hydrogen-bond acceptors (Lipinski definition) is 37. The highest BCUT2D eigenvalue weighted by molar-refractivity contribution is 7.52. The number of phosphoric ester groups is 4. The Morgan fingerprint density at radius 2 is 1.08 bits per heavy atom. The molecule has 0 bridgehead atoms. The van der Waals surface area contributed by atoms with E-state index in [1.807, 2.05) is 0 Å². The summed E-state index contributed by atoms with van der Waals surface area (Å²) in [5, 5.41) is 93.2. The van der Waals surface area contributed by atoms with Gasteiger partial charge in [0, 0.05) is 25.2 Å². The Bertz CT molecular complexity index is 3000. The number of carbonyl (C=O) groups is 1. The Morgan fingerprint density at radius 3 is 1.60 bits per heavy atom. The lowest BCUT2D eigenvalue weighted by Crippen LogP contribution is -2.64. The van der Waals surface area contributed by atoms with Crippen molar-refractivity contribution in [3.63, 3.8) is 0 Å². The minimum absolute atomic E-state index is 0.226. The van der Waals surface area contributed by atoms with Crippen molar-refractivity contribution in [1.29, 1.82) is 0 Å². The van der Waals surface area contributed by atoms with E-state index in [4.69, 9.17) is 88.1 Å². The van der Waals surface area contributed by atoms with Crippen LogP contribution in [0.3, 0.4) is 0 Å². The SMILES string of the molecule is CC(=O)N[C@H]1C(O)[C@@H](O)C(CO)O[C@H]1OCCOP(=O)(O)CCOCC(COCOP(=O)(O)OCCO[C@@H]1OC(CO)[C@H](O)C(O)[C@@H]1C)(COCOP(=O)(O)OCCO[C@@H]1OC(CO)[C@H](O)C(O)[C@@H]1C)COP(=O)(O)OC[C@H]1O[C@@H](n2cnc3c(C)ncnc32)C[C@@H]1OP(=O)(O)OC(C)C. The topological polar surface area (TPSA) is 617 Å². The molecular weight excluding hydrogens is 1460 g/mol. The van der Waals surface area contributed by atoms with Gasteiger partial charge in [0.2, 0.25) is 5.91 Å². The number of hydrogen-bond donors (Lipinski definition) is 15. The van der Waals surface area contributed by atoms with Crippen molar-refractivity contribution < 1.29 is 186 Å². The Hall–Kier alpha value is -2.15. The minimum atomic E-state index is -5.48. The Morgan fingerprint density at radius 1 is 0.590 bits per heavy atom. The Labute approximate surface area is 572 Å². The van der Waals surface area contributed by atoms with Gasteiger partial charge in [0.1, 0.15) is 79.0 Å². The van der Waals surface area contributed by atoms with E-state index in [9.17, 15) is 98.0 Å². The quantitative estimate of drug-likeness (QED) is 0.0179. The molecule has 0 aliphatic carbocycles. The zero-order valence-electron chi connectivity index (χ0n) is 55.1. The van der Waals surface area contributed by atoms with Gasteiger partial charge >= 0.3 is 38.9 Å². The van der Waals surface area contributed by atoms with Crippen LogP contribution in [-0.4, -0.2) is 313 Å². The van der Waals surface area contributed by atoms with Gasteiger partial charge < -0.3 is 128 Å². The largest absolute Gasteiger partial charge is 0.474 e. The summed E-state index contributed by atoms with van der Waals surface area (Å²) in [4.78, 5) is 78.7. The van der Waals surface area contributed by atoms with Crippen LogP contribution in [0.15, 0.2) is 12.7 Å². The van der Waals surface area contributed by atoms with E-state index in [0.29, 0.717) is 11.2 Å². The summed E-state index contributed by atoms with van der Waals surface area (Å²) in [5.74, 6) is -2.35. The summed E-state index contributed by atoms with van der Waals surface area (Å²) in [7, 11) is -25.3. The number of phosphoric acid groups is 4. The van der Waals surface area contributed by atoms with Gasteiger partial charge in [0.05, 0.1) is 141 Å². The van der Waals surface area contributed by atoms with Gasteiger partial charge in [-0.3, -0.25) is 50.1 Å². The molecule has 23 atom stereocenters. The van der Waals surface area contributed by atoms with E-state index >= 15 is 0 Å². The van der Waals surface area contributed by atoms with Crippen LogP contribution in [0.2, 0.25) is 0 Å². The lowest BCUT2D eigenvalue weighted by molar-refractivity contribution is -0.283. The molecule has 0 saturated carbocycles. The van der Waals surface area contributed by atoms with E-state index in [1.165, 1.54) is 44.9 Å². The fraction of sp³-hybridized carbons (Fsp3) is 0.882. The molecule has 2 aromatic rings. The first-order chi connectivity index (χ1) is 46.9. The maximum atomic E-state index is 14.1. The molecule has 44 nitrogen and oxygen atoms in total. The van der Waals surface area contributed by atoms with E-state index in [1.54, 1.807) is 6.92 Å². The molecule has 100 heavy (non-hydrogen) atoms. The molecule has 0 aromatic carbocycles. The first-order valence-electron chi connectivity index (χ1n) is 31.0. The van der Waals surface area contributed by atoms with Crippen molar-refractivity contribution in [3.05, 3.63) is 18.3 Å². The molecule has 580 valence electrons. The molecule has 0 spiro atoms. The highest BCUT2D eigenvalue weighted by Gasteiger charge is 2.49. The molecule has 4 aliphatic heterocycles. The zero-order chi connectivity index (χ0) is 74.0. The molecule has 6 rings (SSSR count). The molecule has 4 aliphatic rings. The number of ether oxygens (including phenoxy) is 10.